The lowest BCUT2D eigenvalue weighted by atomic mass is 10.0. The van der Waals surface area contributed by atoms with Gasteiger partial charge in [-0.1, -0.05) is 24.3 Å². The fourth-order valence-corrected chi connectivity index (χ4v) is 5.76. The quantitative estimate of drug-likeness (QED) is 0.201. The predicted molar refractivity (Wildman–Crippen MR) is 158 cm³/mol. The first kappa shape index (κ1) is 30.5. The molecule has 3 aromatic carbocycles. The molecule has 0 saturated carbocycles. The molecular weight excluding hydrogens is 557 g/mol. The molecule has 10 nitrogen and oxygen atoms in total. The van der Waals surface area contributed by atoms with E-state index < -0.39 is 30.8 Å². The maximum absolute atomic E-state index is 13.6. The summed E-state index contributed by atoms with van der Waals surface area (Å²) in [5, 5.41) is 14.6. The molecule has 1 heterocycles. The summed E-state index contributed by atoms with van der Waals surface area (Å²) in [6.45, 7) is 10.4. The Balaban J connectivity index is 1.60. The Morgan fingerprint density at radius 2 is 1.45 bits per heavy atom. The number of nitrogens with zero attached hydrogens (tertiary/aromatic N) is 1. The van der Waals surface area contributed by atoms with E-state index >= 15 is 0 Å². The van der Waals surface area contributed by atoms with Crippen LogP contribution < -0.4 is 19.9 Å². The van der Waals surface area contributed by atoms with Crippen LogP contribution in [0.1, 0.15) is 52.7 Å². The fraction of sp³-hybridized carbons (Fsp3) is 0.258. The number of para-hydroxylation sites is 1. The monoisotopic (exact) mass is 589 g/mol. The van der Waals surface area contributed by atoms with Crippen molar-refractivity contribution in [2.75, 3.05) is 5.32 Å². The average molecular weight is 590 g/mol. The van der Waals surface area contributed by atoms with E-state index in [0.29, 0.717) is 28.3 Å². The number of nitriles is 1. The highest BCUT2D eigenvalue weighted by Gasteiger charge is 2.39. The lowest BCUT2D eigenvalue weighted by Gasteiger charge is -2.30. The Morgan fingerprint density at radius 1 is 0.810 bits per heavy atom. The van der Waals surface area contributed by atoms with Gasteiger partial charge < -0.3 is 14.6 Å². The zero-order chi connectivity index (χ0) is 30.7. The van der Waals surface area contributed by atoms with Gasteiger partial charge in [-0.25, -0.2) is 4.57 Å². The third kappa shape index (κ3) is 7.86. The van der Waals surface area contributed by atoms with Gasteiger partial charge in [0.25, 0.3) is 11.8 Å². The Morgan fingerprint density at radius 3 is 2.07 bits per heavy atom. The van der Waals surface area contributed by atoms with Gasteiger partial charge in [-0.3, -0.25) is 24.0 Å². The number of carbonyl (C=O) groups is 2. The van der Waals surface area contributed by atoms with E-state index in [2.05, 4.69) is 16.7 Å². The summed E-state index contributed by atoms with van der Waals surface area (Å²) in [4.78, 5) is 25.6. The maximum Gasteiger partial charge on any atom is 0.531 e. The molecule has 11 heteroatoms. The summed E-state index contributed by atoms with van der Waals surface area (Å²) in [5.41, 5.74) is -0.303. The molecule has 3 aromatic rings. The number of imide groups is 1. The molecule has 2 amide bonds. The van der Waals surface area contributed by atoms with Crippen LogP contribution in [0.2, 0.25) is 0 Å². The number of benzene rings is 3. The van der Waals surface area contributed by atoms with E-state index in [1.54, 1.807) is 108 Å². The molecule has 0 aliphatic carbocycles. The summed E-state index contributed by atoms with van der Waals surface area (Å²) < 4.78 is 36.6. The zero-order valence-corrected chi connectivity index (χ0v) is 25.1. The molecule has 0 atom stereocenters. The van der Waals surface area contributed by atoms with Gasteiger partial charge in [0.2, 0.25) is 0 Å². The second kappa shape index (κ2) is 11.8. The van der Waals surface area contributed by atoms with Gasteiger partial charge >= 0.3 is 7.82 Å². The normalized spacial score (nSPS) is 13.9. The molecule has 0 fully saturated rings. The molecule has 0 radical (unpaired) electrons. The van der Waals surface area contributed by atoms with Crippen LogP contribution in [0.4, 0.5) is 5.69 Å². The molecule has 0 bridgehead atoms. The molecule has 42 heavy (non-hydrogen) atoms. The van der Waals surface area contributed by atoms with Crippen LogP contribution in [0.5, 0.6) is 17.2 Å². The second-order valence-corrected chi connectivity index (χ2v) is 12.8. The largest absolute Gasteiger partial charge is 0.531 e. The van der Waals surface area contributed by atoms with E-state index in [0.717, 1.165) is 0 Å². The lowest BCUT2D eigenvalue weighted by Crippen LogP contribution is -2.25. The number of rotatable bonds is 9. The van der Waals surface area contributed by atoms with Gasteiger partial charge in [-0.2, -0.15) is 5.26 Å². The van der Waals surface area contributed by atoms with Gasteiger partial charge in [-0.15, -0.1) is 0 Å². The van der Waals surface area contributed by atoms with Crippen molar-refractivity contribution in [3.05, 3.63) is 89.6 Å². The van der Waals surface area contributed by atoms with Crippen molar-refractivity contribution in [1.82, 2.24) is 5.32 Å². The first-order chi connectivity index (χ1) is 19.6. The summed E-state index contributed by atoms with van der Waals surface area (Å²) >= 11 is 0. The van der Waals surface area contributed by atoms with Gasteiger partial charge in [0, 0.05) is 5.69 Å². The SMILES string of the molecule is CC(C)(C)OP(=O)(Oc1cccc(C2=C(Nc3ccc(Oc4ccccc4C#N)cc3)C(=O)NC2=O)c1)OC(C)(C)C. The van der Waals surface area contributed by atoms with E-state index in [-0.39, 0.29) is 17.0 Å². The van der Waals surface area contributed by atoms with Crippen LogP contribution in [0.3, 0.4) is 0 Å². The van der Waals surface area contributed by atoms with Gasteiger partial charge in [0.05, 0.1) is 22.3 Å². The third-order valence-electron chi connectivity index (χ3n) is 5.40. The minimum Gasteiger partial charge on any atom is -0.456 e. The molecule has 0 saturated heterocycles. The topological polar surface area (TPSA) is 136 Å². The number of hydrogen-bond donors (Lipinski definition) is 2. The summed E-state index contributed by atoms with van der Waals surface area (Å²) in [6.07, 6.45) is 0. The Kier molecular flexibility index (Phi) is 8.60. The number of phosphoric acid groups is 1. The molecule has 0 unspecified atom stereocenters. The number of ether oxygens (including phenoxy) is 1. The number of phosphoric ester groups is 1. The highest BCUT2D eigenvalue weighted by molar-refractivity contribution is 7.49. The summed E-state index contributed by atoms with van der Waals surface area (Å²) in [5.74, 6) is -0.190. The Labute approximate surface area is 244 Å². The Hall–Kier alpha value is -4.42. The summed E-state index contributed by atoms with van der Waals surface area (Å²) in [6, 6.07) is 21.9. The molecule has 1 aliphatic rings. The van der Waals surface area contributed by atoms with Gasteiger partial charge in [-0.05, 0) is 95.6 Å². The number of amides is 2. The highest BCUT2D eigenvalue weighted by atomic mass is 31.2. The first-order valence-corrected chi connectivity index (χ1v) is 14.6. The lowest BCUT2D eigenvalue weighted by molar-refractivity contribution is -0.123. The number of anilines is 1. The van der Waals surface area contributed by atoms with E-state index in [4.69, 9.17) is 18.3 Å². The molecule has 4 rings (SSSR count). The maximum atomic E-state index is 13.6. The van der Waals surface area contributed by atoms with Crippen LogP contribution in [0, 0.1) is 11.3 Å². The van der Waals surface area contributed by atoms with Crippen LogP contribution in [-0.2, 0) is 23.2 Å². The van der Waals surface area contributed by atoms with E-state index in [9.17, 15) is 19.4 Å². The van der Waals surface area contributed by atoms with Crippen LogP contribution >= 0.6 is 7.82 Å². The van der Waals surface area contributed by atoms with Crippen molar-refractivity contribution >= 4 is 30.9 Å². The molecule has 1 aliphatic heterocycles. The summed E-state index contributed by atoms with van der Waals surface area (Å²) in [7, 11) is -4.10. The predicted octanol–water partition coefficient (Wildman–Crippen LogP) is 6.95. The minimum atomic E-state index is -4.10. The van der Waals surface area contributed by atoms with Crippen molar-refractivity contribution in [3.63, 3.8) is 0 Å². The van der Waals surface area contributed by atoms with Crippen molar-refractivity contribution < 1.29 is 32.5 Å². The smallest absolute Gasteiger partial charge is 0.456 e. The van der Waals surface area contributed by atoms with Crippen molar-refractivity contribution in [2.24, 2.45) is 0 Å². The van der Waals surface area contributed by atoms with Crippen molar-refractivity contribution in [1.29, 1.82) is 5.26 Å². The Bertz CT molecular complexity index is 1610. The molecule has 0 spiro atoms. The first-order valence-electron chi connectivity index (χ1n) is 13.1. The molecule has 218 valence electrons. The molecular formula is C31H32N3O7P. The molecule has 0 aromatic heterocycles. The fourth-order valence-electron chi connectivity index (χ4n) is 3.94. The van der Waals surface area contributed by atoms with Crippen molar-refractivity contribution in [2.45, 2.75) is 52.7 Å². The van der Waals surface area contributed by atoms with Crippen molar-refractivity contribution in [3.8, 4) is 23.3 Å². The average Bonchev–Trinajstić information content (AvgIpc) is 3.15. The van der Waals surface area contributed by atoms with Crippen LogP contribution in [0.25, 0.3) is 5.57 Å². The highest BCUT2D eigenvalue weighted by Crippen LogP contribution is 2.55. The minimum absolute atomic E-state index is 0.0284. The number of nitrogens with one attached hydrogen (secondary N) is 2. The van der Waals surface area contributed by atoms with Crippen LogP contribution in [-0.4, -0.2) is 23.0 Å². The van der Waals surface area contributed by atoms with Gasteiger partial charge in [0.15, 0.2) is 0 Å². The van der Waals surface area contributed by atoms with Gasteiger partial charge in [0.1, 0.15) is 29.0 Å². The number of carbonyl (C=O) groups excluding carboxylic acids is 2. The standard InChI is InChI=1S/C31H32N3O7P/c1-30(2,3)40-42(37,41-31(4,5)6)39-24-12-9-11-20(18-24)26-27(29(36)34-28(26)35)33-22-14-16-23(17-15-22)38-25-13-8-7-10-21(25)19-32/h7-18H,1-6H3,(H2,33,34,35,36). The van der Waals surface area contributed by atoms with E-state index in [1.807, 2.05) is 0 Å². The second-order valence-electron chi connectivity index (χ2n) is 11.4. The van der Waals surface area contributed by atoms with E-state index in [1.165, 1.54) is 6.07 Å². The van der Waals surface area contributed by atoms with Crippen LogP contribution in [0.15, 0.2) is 78.5 Å². The third-order valence-corrected chi connectivity index (χ3v) is 7.38. The zero-order valence-electron chi connectivity index (χ0n) is 24.2. The molecule has 2 N–H and O–H groups in total. The number of hydrogen-bond acceptors (Lipinski definition) is 9.